The number of hydrogen-bond acceptors (Lipinski definition) is 2. The molecule has 19 heavy (non-hydrogen) atoms. The van der Waals surface area contributed by atoms with Gasteiger partial charge in [-0.15, -0.1) is 6.42 Å². The van der Waals surface area contributed by atoms with E-state index in [1.54, 1.807) is 48.5 Å². The van der Waals surface area contributed by atoms with Gasteiger partial charge in [-0.1, -0.05) is 65.6 Å². The lowest BCUT2D eigenvalue weighted by Gasteiger charge is -2.24. The maximum absolute atomic E-state index is 10.8. The second-order valence-electron chi connectivity index (χ2n) is 3.93. The smallest absolute Gasteiger partial charge is 0.177 e. The van der Waals surface area contributed by atoms with Gasteiger partial charge in [0, 0.05) is 21.7 Å². The number of hydrogen-bond donors (Lipinski definition) is 1. The molecule has 2 rings (SSSR count). The van der Waals surface area contributed by atoms with Gasteiger partial charge in [0.1, 0.15) is 0 Å². The first kappa shape index (κ1) is 12.7. The molecule has 4 nitrogen and oxygen atoms in total. The fraction of sp³-hybridized carbons (Fsp3) is 0.0667. The van der Waals surface area contributed by atoms with Crippen molar-refractivity contribution in [3.05, 3.63) is 76.2 Å². The van der Waals surface area contributed by atoms with Gasteiger partial charge in [-0.25, -0.2) is 0 Å². The molecule has 2 aromatic carbocycles. The minimum absolute atomic E-state index is 0.314. The monoisotopic (exact) mass is 249 g/mol. The van der Waals surface area contributed by atoms with Crippen molar-refractivity contribution in [2.24, 2.45) is 5.11 Å². The maximum atomic E-state index is 10.8. The molecule has 4 heteroatoms. The van der Waals surface area contributed by atoms with Crippen LogP contribution in [-0.2, 0) is 5.60 Å². The Morgan fingerprint density at radius 1 is 1.11 bits per heavy atom. The summed E-state index contributed by atoms with van der Waals surface area (Å²) in [5, 5.41) is 14.3. The van der Waals surface area contributed by atoms with E-state index in [4.69, 9.17) is 12.0 Å². The lowest BCUT2D eigenvalue weighted by atomic mass is 9.86. The molecule has 0 amide bonds. The van der Waals surface area contributed by atoms with E-state index in [2.05, 4.69) is 15.9 Å². The average Bonchev–Trinajstić information content (AvgIpc) is 2.48. The first-order valence-corrected chi connectivity index (χ1v) is 5.62. The number of benzene rings is 2. The van der Waals surface area contributed by atoms with Crippen molar-refractivity contribution in [2.75, 3.05) is 0 Å². The van der Waals surface area contributed by atoms with Crippen LogP contribution < -0.4 is 0 Å². The molecule has 0 aromatic heterocycles. The summed E-state index contributed by atoms with van der Waals surface area (Å²) in [5.41, 5.74) is 8.22. The van der Waals surface area contributed by atoms with Crippen molar-refractivity contribution in [1.29, 1.82) is 0 Å². The lowest BCUT2D eigenvalue weighted by Crippen LogP contribution is -2.25. The zero-order chi connectivity index (χ0) is 13.7. The molecule has 0 radical (unpaired) electrons. The van der Waals surface area contributed by atoms with E-state index >= 15 is 0 Å². The van der Waals surface area contributed by atoms with Crippen LogP contribution in [-0.4, -0.2) is 5.11 Å². The normalized spacial score (nSPS) is 12.8. The molecule has 0 spiro atoms. The van der Waals surface area contributed by atoms with Crippen LogP contribution in [0.5, 0.6) is 0 Å². The topological polar surface area (TPSA) is 69.0 Å². The third-order valence-corrected chi connectivity index (χ3v) is 2.85. The summed E-state index contributed by atoms with van der Waals surface area (Å²) in [6.45, 7) is 0. The second-order valence-corrected chi connectivity index (χ2v) is 3.93. The molecular formula is C15H11N3O. The van der Waals surface area contributed by atoms with E-state index in [1.807, 2.05) is 6.07 Å². The Bertz CT molecular complexity index is 669. The summed E-state index contributed by atoms with van der Waals surface area (Å²) in [6.07, 6.45) is 5.50. The number of nitrogens with zero attached hydrogens (tertiary/aromatic N) is 3. The van der Waals surface area contributed by atoms with Crippen LogP contribution in [0.15, 0.2) is 59.7 Å². The average molecular weight is 249 g/mol. The van der Waals surface area contributed by atoms with E-state index < -0.39 is 5.60 Å². The number of rotatable bonds is 3. The highest BCUT2D eigenvalue weighted by atomic mass is 16.3. The molecule has 1 unspecified atom stereocenters. The SMILES string of the molecule is C#CC(O)(c1ccccc1)c1ccccc1N=[N+]=[N-]. The van der Waals surface area contributed by atoms with E-state index in [1.165, 1.54) is 0 Å². The Labute approximate surface area is 111 Å². The minimum Gasteiger partial charge on any atom is -0.369 e. The van der Waals surface area contributed by atoms with Crippen LogP contribution in [0.4, 0.5) is 5.69 Å². The zero-order valence-electron chi connectivity index (χ0n) is 10.1. The highest BCUT2D eigenvalue weighted by Crippen LogP contribution is 2.35. The largest absolute Gasteiger partial charge is 0.369 e. The Morgan fingerprint density at radius 3 is 2.37 bits per heavy atom. The summed E-state index contributed by atoms with van der Waals surface area (Å²) in [4.78, 5) is 2.75. The van der Waals surface area contributed by atoms with E-state index in [9.17, 15) is 5.11 Å². The Balaban J connectivity index is 2.67. The zero-order valence-corrected chi connectivity index (χ0v) is 10.1. The fourth-order valence-corrected chi connectivity index (χ4v) is 1.91. The number of terminal acetylenes is 1. The van der Waals surface area contributed by atoms with Crippen molar-refractivity contribution in [1.82, 2.24) is 0 Å². The van der Waals surface area contributed by atoms with Gasteiger partial charge < -0.3 is 5.11 Å². The highest BCUT2D eigenvalue weighted by molar-refractivity contribution is 5.56. The molecule has 0 saturated heterocycles. The summed E-state index contributed by atoms with van der Waals surface area (Å²) < 4.78 is 0. The van der Waals surface area contributed by atoms with Crippen LogP contribution in [0.25, 0.3) is 10.4 Å². The molecule has 0 heterocycles. The van der Waals surface area contributed by atoms with Crippen molar-refractivity contribution < 1.29 is 5.11 Å². The van der Waals surface area contributed by atoms with E-state index in [0.29, 0.717) is 16.8 Å². The van der Waals surface area contributed by atoms with Crippen LogP contribution in [0.2, 0.25) is 0 Å². The number of azide groups is 1. The number of aliphatic hydroxyl groups is 1. The summed E-state index contributed by atoms with van der Waals surface area (Å²) in [5.74, 6) is 2.38. The van der Waals surface area contributed by atoms with Crippen LogP contribution >= 0.6 is 0 Å². The van der Waals surface area contributed by atoms with Gasteiger partial charge in [0.05, 0.1) is 0 Å². The molecule has 1 atom stereocenters. The molecule has 0 aliphatic heterocycles. The first-order chi connectivity index (χ1) is 9.22. The molecule has 92 valence electrons. The molecule has 0 aliphatic rings. The Morgan fingerprint density at radius 2 is 1.74 bits per heavy atom. The van der Waals surface area contributed by atoms with E-state index in [0.717, 1.165) is 0 Å². The summed E-state index contributed by atoms with van der Waals surface area (Å²) in [7, 11) is 0. The molecule has 0 bridgehead atoms. The standard InChI is InChI=1S/C15H11N3O/c1-2-15(19,12-8-4-3-5-9-12)13-10-6-7-11-14(13)17-18-16/h1,3-11,19H. The van der Waals surface area contributed by atoms with Gasteiger partial charge in [0.2, 0.25) is 0 Å². The van der Waals surface area contributed by atoms with Gasteiger partial charge in [-0.2, -0.15) is 0 Å². The van der Waals surface area contributed by atoms with Crippen LogP contribution in [0, 0.1) is 12.3 Å². The molecule has 1 N–H and O–H groups in total. The third-order valence-electron chi connectivity index (χ3n) is 2.85. The van der Waals surface area contributed by atoms with Crippen molar-refractivity contribution in [3.8, 4) is 12.3 Å². The van der Waals surface area contributed by atoms with Crippen molar-refractivity contribution >= 4 is 5.69 Å². The van der Waals surface area contributed by atoms with Gasteiger partial charge >= 0.3 is 0 Å². The van der Waals surface area contributed by atoms with Gasteiger partial charge in [0.15, 0.2) is 5.60 Å². The molecule has 0 saturated carbocycles. The lowest BCUT2D eigenvalue weighted by molar-refractivity contribution is 0.146. The van der Waals surface area contributed by atoms with Gasteiger partial charge in [-0.3, -0.25) is 0 Å². The fourth-order valence-electron chi connectivity index (χ4n) is 1.91. The molecule has 0 aliphatic carbocycles. The van der Waals surface area contributed by atoms with Crippen molar-refractivity contribution in [2.45, 2.75) is 5.60 Å². The minimum atomic E-state index is -1.62. The predicted molar refractivity (Wildman–Crippen MR) is 73.5 cm³/mol. The first-order valence-electron chi connectivity index (χ1n) is 5.62. The van der Waals surface area contributed by atoms with Gasteiger partial charge in [-0.05, 0) is 5.53 Å². The molecule has 2 aromatic rings. The molecule has 0 fully saturated rings. The third kappa shape index (κ3) is 2.29. The Kier molecular flexibility index (Phi) is 3.53. The molecular weight excluding hydrogens is 238 g/mol. The summed E-state index contributed by atoms with van der Waals surface area (Å²) >= 11 is 0. The second kappa shape index (κ2) is 5.28. The van der Waals surface area contributed by atoms with E-state index in [-0.39, 0.29) is 0 Å². The van der Waals surface area contributed by atoms with Gasteiger partial charge in [0.25, 0.3) is 0 Å². The maximum Gasteiger partial charge on any atom is 0.177 e. The Hall–Kier alpha value is -2.73. The quantitative estimate of drug-likeness (QED) is 0.384. The van der Waals surface area contributed by atoms with Crippen LogP contribution in [0.3, 0.4) is 0 Å². The van der Waals surface area contributed by atoms with Crippen LogP contribution in [0.1, 0.15) is 11.1 Å². The predicted octanol–water partition coefficient (Wildman–Crippen LogP) is 3.50. The van der Waals surface area contributed by atoms with Crippen molar-refractivity contribution in [3.63, 3.8) is 0 Å². The summed E-state index contributed by atoms with van der Waals surface area (Å²) in [6, 6.07) is 15.6. The highest BCUT2D eigenvalue weighted by Gasteiger charge is 2.30.